The molecule has 1 aromatic carbocycles. The minimum atomic E-state index is 1.05. The van der Waals surface area contributed by atoms with Gasteiger partial charge in [0, 0.05) is 18.3 Å². The van der Waals surface area contributed by atoms with E-state index in [9.17, 15) is 0 Å². The Balaban J connectivity index is 3.21. The molecule has 1 N–H and O–H groups in total. The Hall–Kier alpha value is -1.24. The molecule has 64 valence electrons. The quantitative estimate of drug-likeness (QED) is 0.718. The number of hydrogen-bond acceptors (Lipinski definition) is 1. The summed E-state index contributed by atoms with van der Waals surface area (Å²) in [6, 6.07) is 6.27. The minimum absolute atomic E-state index is 1.05. The van der Waals surface area contributed by atoms with Gasteiger partial charge in [0.2, 0.25) is 0 Å². The van der Waals surface area contributed by atoms with E-state index >= 15 is 0 Å². The van der Waals surface area contributed by atoms with Crippen LogP contribution < -0.4 is 5.32 Å². The van der Waals surface area contributed by atoms with Crippen molar-refractivity contribution in [2.75, 3.05) is 12.4 Å². The molecule has 0 aliphatic heterocycles. The standard InChI is InChI=1S/C11H15N/c1-4-9-7-6-8-11(12-3)10(9)5-2/h5-8,12H,2,4H2,1,3H3. The lowest BCUT2D eigenvalue weighted by molar-refractivity contribution is 1.13. The average molecular weight is 161 g/mol. The number of aryl methyl sites for hydroxylation is 1. The molecular weight excluding hydrogens is 146 g/mol. The van der Waals surface area contributed by atoms with E-state index in [0.717, 1.165) is 12.1 Å². The van der Waals surface area contributed by atoms with Crippen molar-refractivity contribution in [1.29, 1.82) is 0 Å². The highest BCUT2D eigenvalue weighted by Gasteiger charge is 2.00. The van der Waals surface area contributed by atoms with Gasteiger partial charge in [0.05, 0.1) is 0 Å². The van der Waals surface area contributed by atoms with Gasteiger partial charge in [-0.3, -0.25) is 0 Å². The van der Waals surface area contributed by atoms with E-state index in [1.54, 1.807) is 0 Å². The molecule has 0 fully saturated rings. The van der Waals surface area contributed by atoms with Crippen LogP contribution in [0.15, 0.2) is 24.8 Å². The number of anilines is 1. The van der Waals surface area contributed by atoms with Gasteiger partial charge in [-0.05, 0) is 18.1 Å². The second kappa shape index (κ2) is 3.96. The summed E-state index contributed by atoms with van der Waals surface area (Å²) in [5.41, 5.74) is 3.73. The van der Waals surface area contributed by atoms with Crippen molar-refractivity contribution in [3.05, 3.63) is 35.9 Å². The van der Waals surface area contributed by atoms with Gasteiger partial charge < -0.3 is 5.32 Å². The highest BCUT2D eigenvalue weighted by atomic mass is 14.8. The molecule has 0 aliphatic rings. The maximum Gasteiger partial charge on any atom is 0.0413 e. The first-order valence-corrected chi connectivity index (χ1v) is 4.25. The molecule has 0 spiro atoms. The summed E-state index contributed by atoms with van der Waals surface area (Å²) in [5.74, 6) is 0. The third kappa shape index (κ3) is 1.50. The topological polar surface area (TPSA) is 12.0 Å². The molecule has 0 bridgehead atoms. The van der Waals surface area contributed by atoms with Crippen LogP contribution in [0.4, 0.5) is 5.69 Å². The zero-order valence-electron chi connectivity index (χ0n) is 7.72. The van der Waals surface area contributed by atoms with E-state index in [2.05, 4.69) is 37.0 Å². The van der Waals surface area contributed by atoms with Gasteiger partial charge in [0.25, 0.3) is 0 Å². The van der Waals surface area contributed by atoms with Crippen molar-refractivity contribution in [1.82, 2.24) is 0 Å². The molecule has 1 nitrogen and oxygen atoms in total. The lowest BCUT2D eigenvalue weighted by Gasteiger charge is -2.09. The zero-order chi connectivity index (χ0) is 8.97. The van der Waals surface area contributed by atoms with E-state index in [1.165, 1.54) is 11.1 Å². The van der Waals surface area contributed by atoms with Gasteiger partial charge in [0.15, 0.2) is 0 Å². The van der Waals surface area contributed by atoms with Crippen LogP contribution in [0, 0.1) is 0 Å². The van der Waals surface area contributed by atoms with Crippen molar-refractivity contribution in [2.24, 2.45) is 0 Å². The summed E-state index contributed by atoms with van der Waals surface area (Å²) in [5, 5.41) is 3.15. The minimum Gasteiger partial charge on any atom is -0.388 e. The second-order valence-corrected chi connectivity index (χ2v) is 2.69. The monoisotopic (exact) mass is 161 g/mol. The summed E-state index contributed by atoms with van der Waals surface area (Å²) in [7, 11) is 1.93. The molecule has 0 aliphatic carbocycles. The Morgan fingerprint density at radius 2 is 2.25 bits per heavy atom. The van der Waals surface area contributed by atoms with Crippen LogP contribution in [0.25, 0.3) is 6.08 Å². The van der Waals surface area contributed by atoms with Crippen molar-refractivity contribution in [3.63, 3.8) is 0 Å². The Labute approximate surface area is 74.1 Å². The van der Waals surface area contributed by atoms with Crippen LogP contribution in [0.3, 0.4) is 0 Å². The fourth-order valence-corrected chi connectivity index (χ4v) is 1.38. The van der Waals surface area contributed by atoms with Crippen molar-refractivity contribution in [2.45, 2.75) is 13.3 Å². The molecule has 0 amide bonds. The molecule has 0 saturated carbocycles. The van der Waals surface area contributed by atoms with Gasteiger partial charge in [0.1, 0.15) is 0 Å². The number of benzene rings is 1. The van der Waals surface area contributed by atoms with Crippen LogP contribution >= 0.6 is 0 Å². The highest BCUT2D eigenvalue weighted by Crippen LogP contribution is 2.20. The van der Waals surface area contributed by atoms with E-state index < -0.39 is 0 Å². The van der Waals surface area contributed by atoms with Gasteiger partial charge in [-0.15, -0.1) is 0 Å². The molecule has 1 rings (SSSR count). The summed E-state index contributed by atoms with van der Waals surface area (Å²) in [6.45, 7) is 5.96. The summed E-state index contributed by atoms with van der Waals surface area (Å²) >= 11 is 0. The maximum absolute atomic E-state index is 3.81. The molecule has 1 heteroatoms. The van der Waals surface area contributed by atoms with Crippen molar-refractivity contribution < 1.29 is 0 Å². The molecule has 0 aromatic heterocycles. The molecule has 0 atom stereocenters. The molecule has 0 unspecified atom stereocenters. The third-order valence-electron chi connectivity index (χ3n) is 2.05. The molecule has 0 heterocycles. The second-order valence-electron chi connectivity index (χ2n) is 2.69. The molecule has 0 saturated heterocycles. The zero-order valence-corrected chi connectivity index (χ0v) is 7.72. The predicted molar refractivity (Wildman–Crippen MR) is 55.5 cm³/mol. The largest absolute Gasteiger partial charge is 0.388 e. The lowest BCUT2D eigenvalue weighted by Crippen LogP contribution is -1.94. The van der Waals surface area contributed by atoms with E-state index in [-0.39, 0.29) is 0 Å². The first kappa shape index (κ1) is 8.85. The normalized spacial score (nSPS) is 9.50. The Bertz CT molecular complexity index is 254. The fourth-order valence-electron chi connectivity index (χ4n) is 1.38. The van der Waals surface area contributed by atoms with E-state index in [0.29, 0.717) is 0 Å². The Kier molecular flexibility index (Phi) is 2.92. The Morgan fingerprint density at radius 3 is 2.75 bits per heavy atom. The first-order valence-electron chi connectivity index (χ1n) is 4.25. The smallest absolute Gasteiger partial charge is 0.0413 e. The number of rotatable bonds is 3. The van der Waals surface area contributed by atoms with E-state index in [1.807, 2.05) is 13.1 Å². The van der Waals surface area contributed by atoms with Crippen LogP contribution in [-0.4, -0.2) is 7.05 Å². The van der Waals surface area contributed by atoms with Gasteiger partial charge in [-0.2, -0.15) is 0 Å². The molecular formula is C11H15N. The van der Waals surface area contributed by atoms with E-state index in [4.69, 9.17) is 0 Å². The van der Waals surface area contributed by atoms with Crippen molar-refractivity contribution in [3.8, 4) is 0 Å². The lowest BCUT2D eigenvalue weighted by atomic mass is 10.0. The van der Waals surface area contributed by atoms with Crippen LogP contribution in [0.2, 0.25) is 0 Å². The van der Waals surface area contributed by atoms with Crippen molar-refractivity contribution >= 4 is 11.8 Å². The average Bonchev–Trinajstić information content (AvgIpc) is 2.16. The van der Waals surface area contributed by atoms with Gasteiger partial charge in [-0.25, -0.2) is 0 Å². The molecule has 1 aromatic rings. The molecule has 12 heavy (non-hydrogen) atoms. The predicted octanol–water partition coefficient (Wildman–Crippen LogP) is 2.93. The maximum atomic E-state index is 3.81. The third-order valence-corrected chi connectivity index (χ3v) is 2.05. The van der Waals surface area contributed by atoms with Gasteiger partial charge >= 0.3 is 0 Å². The summed E-state index contributed by atoms with van der Waals surface area (Å²) in [4.78, 5) is 0. The fraction of sp³-hybridized carbons (Fsp3) is 0.273. The number of nitrogens with one attached hydrogen (secondary N) is 1. The number of hydrogen-bond donors (Lipinski definition) is 1. The summed E-state index contributed by atoms with van der Waals surface area (Å²) in [6.07, 6.45) is 2.96. The molecule has 0 radical (unpaired) electrons. The van der Waals surface area contributed by atoms with Crippen LogP contribution in [0.1, 0.15) is 18.1 Å². The highest BCUT2D eigenvalue weighted by molar-refractivity contribution is 5.68. The van der Waals surface area contributed by atoms with Crippen LogP contribution in [-0.2, 0) is 6.42 Å². The SMILES string of the molecule is C=Cc1c(CC)cccc1NC. The Morgan fingerprint density at radius 1 is 1.50 bits per heavy atom. The van der Waals surface area contributed by atoms with Crippen LogP contribution in [0.5, 0.6) is 0 Å². The first-order chi connectivity index (χ1) is 5.83. The summed E-state index contributed by atoms with van der Waals surface area (Å²) < 4.78 is 0. The van der Waals surface area contributed by atoms with Gasteiger partial charge in [-0.1, -0.05) is 31.7 Å².